The SMILES string of the molecule is CN(C)S(=O)(=O)N1CCN(C(=O)Nc2cccc(Cl)c2)CC1. The molecule has 0 spiro atoms. The fourth-order valence-corrected chi connectivity index (χ4v) is 3.40. The number of benzene rings is 1. The van der Waals surface area contributed by atoms with Crippen molar-refractivity contribution in [3.63, 3.8) is 0 Å². The Balaban J connectivity index is 1.93. The van der Waals surface area contributed by atoms with E-state index in [1.165, 1.54) is 22.7 Å². The Labute approximate surface area is 135 Å². The van der Waals surface area contributed by atoms with Crippen molar-refractivity contribution in [1.82, 2.24) is 13.5 Å². The Morgan fingerprint density at radius 2 is 1.86 bits per heavy atom. The third-order valence-corrected chi connectivity index (χ3v) is 5.57. The molecule has 2 rings (SSSR count). The highest BCUT2D eigenvalue weighted by Crippen LogP contribution is 2.16. The largest absolute Gasteiger partial charge is 0.322 e. The molecule has 1 aromatic rings. The molecule has 1 N–H and O–H groups in total. The fraction of sp³-hybridized carbons (Fsp3) is 0.462. The molecule has 0 bridgehead atoms. The van der Waals surface area contributed by atoms with Crippen molar-refractivity contribution in [3.05, 3.63) is 29.3 Å². The van der Waals surface area contributed by atoms with Gasteiger partial charge in [-0.05, 0) is 18.2 Å². The number of amides is 2. The normalized spacial score (nSPS) is 16.8. The molecule has 1 aliphatic heterocycles. The minimum atomic E-state index is -3.42. The lowest BCUT2D eigenvalue weighted by Crippen LogP contribution is -2.53. The second-order valence-corrected chi connectivity index (χ2v) is 7.70. The average molecular weight is 347 g/mol. The number of anilines is 1. The number of carbonyl (C=O) groups excluding carboxylic acids is 1. The van der Waals surface area contributed by atoms with Gasteiger partial charge < -0.3 is 10.2 Å². The van der Waals surface area contributed by atoms with Crippen LogP contribution in [-0.2, 0) is 10.2 Å². The van der Waals surface area contributed by atoms with Gasteiger partial charge in [0.25, 0.3) is 10.2 Å². The number of rotatable bonds is 3. The van der Waals surface area contributed by atoms with Crippen LogP contribution in [-0.4, -0.2) is 68.2 Å². The number of hydrogen-bond donors (Lipinski definition) is 1. The van der Waals surface area contributed by atoms with Crippen LogP contribution in [0.25, 0.3) is 0 Å². The zero-order valence-corrected chi connectivity index (χ0v) is 14.1. The quantitative estimate of drug-likeness (QED) is 0.896. The minimum Gasteiger partial charge on any atom is -0.322 e. The molecule has 0 saturated carbocycles. The summed E-state index contributed by atoms with van der Waals surface area (Å²) >= 11 is 5.87. The summed E-state index contributed by atoms with van der Waals surface area (Å²) in [4.78, 5) is 13.7. The van der Waals surface area contributed by atoms with Crippen LogP contribution >= 0.6 is 11.6 Å². The highest BCUT2D eigenvalue weighted by Gasteiger charge is 2.30. The molecule has 9 heteroatoms. The predicted molar refractivity (Wildman–Crippen MR) is 86.2 cm³/mol. The van der Waals surface area contributed by atoms with Crippen molar-refractivity contribution in [2.45, 2.75) is 0 Å². The molecule has 122 valence electrons. The highest BCUT2D eigenvalue weighted by atomic mass is 35.5. The van der Waals surface area contributed by atoms with Crippen molar-refractivity contribution in [1.29, 1.82) is 0 Å². The van der Waals surface area contributed by atoms with Gasteiger partial charge in [0.1, 0.15) is 0 Å². The van der Waals surface area contributed by atoms with Gasteiger partial charge in [-0.1, -0.05) is 17.7 Å². The van der Waals surface area contributed by atoms with E-state index in [0.29, 0.717) is 23.8 Å². The average Bonchev–Trinajstić information content (AvgIpc) is 2.47. The first kappa shape index (κ1) is 17.0. The van der Waals surface area contributed by atoms with Crippen LogP contribution in [0.5, 0.6) is 0 Å². The summed E-state index contributed by atoms with van der Waals surface area (Å²) in [6.07, 6.45) is 0. The maximum Gasteiger partial charge on any atom is 0.321 e. The molecular formula is C13H19ClN4O3S. The molecule has 1 heterocycles. The lowest BCUT2D eigenvalue weighted by Gasteiger charge is -2.35. The summed E-state index contributed by atoms with van der Waals surface area (Å²) in [5.41, 5.74) is 0.612. The van der Waals surface area contributed by atoms with E-state index in [1.54, 1.807) is 29.2 Å². The summed E-state index contributed by atoms with van der Waals surface area (Å²) in [6.45, 7) is 1.26. The van der Waals surface area contributed by atoms with Crippen LogP contribution in [0.4, 0.5) is 10.5 Å². The molecule has 7 nitrogen and oxygen atoms in total. The first-order chi connectivity index (χ1) is 10.3. The molecule has 1 saturated heterocycles. The summed E-state index contributed by atoms with van der Waals surface area (Å²) in [6, 6.07) is 6.62. The van der Waals surface area contributed by atoms with Gasteiger partial charge in [0, 0.05) is 51.0 Å². The second kappa shape index (κ2) is 6.82. The number of urea groups is 1. The van der Waals surface area contributed by atoms with E-state index >= 15 is 0 Å². The van der Waals surface area contributed by atoms with Crippen LogP contribution < -0.4 is 5.32 Å². The van der Waals surface area contributed by atoms with Crippen LogP contribution in [0, 0.1) is 0 Å². The Hall–Kier alpha value is -1.35. The summed E-state index contributed by atoms with van der Waals surface area (Å²) in [5.74, 6) is 0. The molecule has 0 aromatic heterocycles. The van der Waals surface area contributed by atoms with Crippen LogP contribution in [0.15, 0.2) is 24.3 Å². The number of nitrogens with zero attached hydrogens (tertiary/aromatic N) is 3. The minimum absolute atomic E-state index is 0.260. The number of halogens is 1. The first-order valence-corrected chi connectivity index (χ1v) is 8.57. The molecule has 0 atom stereocenters. The van der Waals surface area contributed by atoms with Crippen molar-refractivity contribution in [2.75, 3.05) is 45.6 Å². The molecule has 1 aliphatic rings. The molecule has 1 aromatic carbocycles. The topological polar surface area (TPSA) is 73.0 Å². The monoisotopic (exact) mass is 346 g/mol. The van der Waals surface area contributed by atoms with Crippen molar-refractivity contribution < 1.29 is 13.2 Å². The second-order valence-electron chi connectivity index (χ2n) is 5.12. The number of hydrogen-bond acceptors (Lipinski definition) is 3. The van der Waals surface area contributed by atoms with E-state index in [-0.39, 0.29) is 19.1 Å². The van der Waals surface area contributed by atoms with E-state index in [1.807, 2.05) is 0 Å². The third kappa shape index (κ3) is 3.89. The predicted octanol–water partition coefficient (Wildman–Crippen LogP) is 1.30. The Bertz CT molecular complexity index is 642. The zero-order chi connectivity index (χ0) is 16.3. The van der Waals surface area contributed by atoms with Gasteiger partial charge in [-0.25, -0.2) is 4.79 Å². The number of nitrogens with one attached hydrogen (secondary N) is 1. The lowest BCUT2D eigenvalue weighted by atomic mass is 10.3. The van der Waals surface area contributed by atoms with Crippen molar-refractivity contribution in [2.24, 2.45) is 0 Å². The van der Waals surface area contributed by atoms with Gasteiger partial charge in [0.05, 0.1) is 0 Å². The van der Waals surface area contributed by atoms with Crippen molar-refractivity contribution in [3.8, 4) is 0 Å². The van der Waals surface area contributed by atoms with E-state index in [0.717, 1.165) is 0 Å². The van der Waals surface area contributed by atoms with Gasteiger partial charge in [-0.2, -0.15) is 17.0 Å². The first-order valence-electron chi connectivity index (χ1n) is 6.80. The molecule has 1 fully saturated rings. The Kier molecular flexibility index (Phi) is 5.28. The van der Waals surface area contributed by atoms with E-state index in [2.05, 4.69) is 5.32 Å². The van der Waals surface area contributed by atoms with Gasteiger partial charge in [-0.15, -0.1) is 0 Å². The molecule has 0 aliphatic carbocycles. The van der Waals surface area contributed by atoms with E-state index in [9.17, 15) is 13.2 Å². The highest BCUT2D eigenvalue weighted by molar-refractivity contribution is 7.86. The standard InChI is InChI=1S/C13H19ClN4O3S/c1-16(2)22(20,21)18-8-6-17(7-9-18)13(19)15-12-5-3-4-11(14)10-12/h3-5,10H,6-9H2,1-2H3,(H,15,19). The third-order valence-electron chi connectivity index (χ3n) is 3.39. The molecule has 0 unspecified atom stereocenters. The lowest BCUT2D eigenvalue weighted by molar-refractivity contribution is 0.182. The van der Waals surface area contributed by atoms with Gasteiger partial charge >= 0.3 is 6.03 Å². The molecule has 2 amide bonds. The Morgan fingerprint density at radius 3 is 2.41 bits per heavy atom. The summed E-state index contributed by atoms with van der Waals surface area (Å²) in [7, 11) is -0.436. The fourth-order valence-electron chi connectivity index (χ4n) is 2.12. The maximum atomic E-state index is 12.2. The molecular weight excluding hydrogens is 328 g/mol. The maximum absolute atomic E-state index is 12.2. The van der Waals surface area contributed by atoms with E-state index in [4.69, 9.17) is 11.6 Å². The zero-order valence-electron chi connectivity index (χ0n) is 12.5. The number of carbonyl (C=O) groups is 1. The van der Waals surface area contributed by atoms with Crippen molar-refractivity contribution >= 4 is 33.5 Å². The van der Waals surface area contributed by atoms with Crippen LogP contribution in [0.3, 0.4) is 0 Å². The molecule has 22 heavy (non-hydrogen) atoms. The number of piperazine rings is 1. The van der Waals surface area contributed by atoms with Crippen LogP contribution in [0.2, 0.25) is 5.02 Å². The molecule has 0 radical (unpaired) electrons. The van der Waals surface area contributed by atoms with Gasteiger partial charge in [0.2, 0.25) is 0 Å². The smallest absolute Gasteiger partial charge is 0.321 e. The van der Waals surface area contributed by atoms with Gasteiger partial charge in [-0.3, -0.25) is 0 Å². The van der Waals surface area contributed by atoms with Crippen LogP contribution in [0.1, 0.15) is 0 Å². The summed E-state index contributed by atoms with van der Waals surface area (Å²) < 4.78 is 26.6. The summed E-state index contributed by atoms with van der Waals surface area (Å²) in [5, 5.41) is 3.29. The van der Waals surface area contributed by atoms with Gasteiger partial charge in [0.15, 0.2) is 0 Å². The van der Waals surface area contributed by atoms with E-state index < -0.39 is 10.2 Å². The Morgan fingerprint density at radius 1 is 1.23 bits per heavy atom.